The molecule has 0 fully saturated rings. The molecule has 0 spiro atoms. The highest BCUT2D eigenvalue weighted by atomic mass is 16.5. The fourth-order valence-electron chi connectivity index (χ4n) is 2.50. The van der Waals surface area contributed by atoms with Crippen LogP contribution in [0, 0.1) is 0 Å². The largest absolute Gasteiger partial charge is 0.497 e. The standard InChI is InChI=1S/C19H24N2O4/c1-21(12-14-10-17(24-3)8-9-18(14)25-4)13-19(22)20-15-6-5-7-16(11-15)23-2/h5-11H,12-13H2,1-4H3,(H,20,22). The Kier molecular flexibility index (Phi) is 6.65. The molecule has 2 aromatic carbocycles. The number of hydrogen-bond donors (Lipinski definition) is 1. The van der Waals surface area contributed by atoms with Gasteiger partial charge < -0.3 is 19.5 Å². The summed E-state index contributed by atoms with van der Waals surface area (Å²) in [5, 5.41) is 2.87. The van der Waals surface area contributed by atoms with E-state index in [4.69, 9.17) is 14.2 Å². The van der Waals surface area contributed by atoms with Crippen molar-refractivity contribution in [2.75, 3.05) is 40.2 Å². The fraction of sp³-hybridized carbons (Fsp3) is 0.316. The number of methoxy groups -OCH3 is 3. The Morgan fingerprint density at radius 3 is 2.40 bits per heavy atom. The zero-order chi connectivity index (χ0) is 18.2. The summed E-state index contributed by atoms with van der Waals surface area (Å²) in [6, 6.07) is 12.9. The van der Waals surface area contributed by atoms with Gasteiger partial charge >= 0.3 is 0 Å². The predicted octanol–water partition coefficient (Wildman–Crippen LogP) is 2.78. The Labute approximate surface area is 148 Å². The Morgan fingerprint density at radius 2 is 1.72 bits per heavy atom. The topological polar surface area (TPSA) is 60.0 Å². The molecule has 6 heteroatoms. The van der Waals surface area contributed by atoms with Gasteiger partial charge in [-0.3, -0.25) is 9.69 Å². The summed E-state index contributed by atoms with van der Waals surface area (Å²) in [5.74, 6) is 2.12. The average Bonchev–Trinajstić information content (AvgIpc) is 2.61. The maximum Gasteiger partial charge on any atom is 0.238 e. The Bertz CT molecular complexity index is 718. The van der Waals surface area contributed by atoms with Crippen molar-refractivity contribution in [3.63, 3.8) is 0 Å². The Hall–Kier alpha value is -2.73. The van der Waals surface area contributed by atoms with Crippen LogP contribution in [0.25, 0.3) is 0 Å². The lowest BCUT2D eigenvalue weighted by Crippen LogP contribution is -2.30. The first-order valence-electron chi connectivity index (χ1n) is 7.89. The van der Waals surface area contributed by atoms with Crippen LogP contribution in [-0.4, -0.2) is 45.7 Å². The van der Waals surface area contributed by atoms with Gasteiger partial charge in [0.25, 0.3) is 0 Å². The van der Waals surface area contributed by atoms with Crippen molar-refractivity contribution in [1.29, 1.82) is 0 Å². The number of carbonyl (C=O) groups excluding carboxylic acids is 1. The van der Waals surface area contributed by atoms with Crippen molar-refractivity contribution < 1.29 is 19.0 Å². The maximum absolute atomic E-state index is 12.2. The summed E-state index contributed by atoms with van der Waals surface area (Å²) in [5.41, 5.74) is 1.66. The van der Waals surface area contributed by atoms with E-state index in [1.807, 2.05) is 48.3 Å². The molecule has 6 nitrogen and oxygen atoms in total. The van der Waals surface area contributed by atoms with E-state index in [-0.39, 0.29) is 12.5 Å². The van der Waals surface area contributed by atoms with Gasteiger partial charge in [-0.15, -0.1) is 0 Å². The molecule has 0 saturated heterocycles. The zero-order valence-corrected chi connectivity index (χ0v) is 15.0. The lowest BCUT2D eigenvalue weighted by atomic mass is 10.1. The van der Waals surface area contributed by atoms with E-state index >= 15 is 0 Å². The number of amides is 1. The molecule has 0 saturated carbocycles. The molecule has 0 bridgehead atoms. The lowest BCUT2D eigenvalue weighted by Gasteiger charge is -2.18. The molecule has 0 aromatic heterocycles. The third-order valence-corrected chi connectivity index (χ3v) is 3.69. The van der Waals surface area contributed by atoms with E-state index in [1.165, 1.54) is 0 Å². The van der Waals surface area contributed by atoms with Crippen molar-refractivity contribution in [3.8, 4) is 17.2 Å². The third-order valence-electron chi connectivity index (χ3n) is 3.69. The molecular formula is C19H24N2O4. The molecule has 1 amide bonds. The van der Waals surface area contributed by atoms with Gasteiger partial charge in [0.05, 0.1) is 27.9 Å². The van der Waals surface area contributed by atoms with Crippen molar-refractivity contribution in [2.24, 2.45) is 0 Å². The van der Waals surface area contributed by atoms with Gasteiger partial charge in [-0.1, -0.05) is 6.07 Å². The van der Waals surface area contributed by atoms with Crippen LogP contribution in [0.1, 0.15) is 5.56 Å². The van der Waals surface area contributed by atoms with Gasteiger partial charge in [-0.2, -0.15) is 0 Å². The van der Waals surface area contributed by atoms with Gasteiger partial charge in [-0.05, 0) is 37.4 Å². The van der Waals surface area contributed by atoms with Crippen LogP contribution in [0.4, 0.5) is 5.69 Å². The number of hydrogen-bond acceptors (Lipinski definition) is 5. The second-order valence-corrected chi connectivity index (χ2v) is 5.63. The van der Waals surface area contributed by atoms with Crippen molar-refractivity contribution in [1.82, 2.24) is 4.90 Å². The molecule has 0 atom stereocenters. The molecule has 0 aliphatic carbocycles. The highest BCUT2D eigenvalue weighted by Gasteiger charge is 2.12. The van der Waals surface area contributed by atoms with Crippen molar-refractivity contribution in [3.05, 3.63) is 48.0 Å². The van der Waals surface area contributed by atoms with Gasteiger partial charge in [0.1, 0.15) is 17.2 Å². The second kappa shape index (κ2) is 8.94. The number of ether oxygens (including phenoxy) is 3. The van der Waals surface area contributed by atoms with E-state index in [2.05, 4.69) is 5.32 Å². The van der Waals surface area contributed by atoms with Crippen LogP contribution in [0.3, 0.4) is 0 Å². The summed E-state index contributed by atoms with van der Waals surface area (Å²) in [6.45, 7) is 0.809. The number of nitrogens with zero attached hydrogens (tertiary/aromatic N) is 1. The summed E-state index contributed by atoms with van der Waals surface area (Å²) in [6.07, 6.45) is 0. The first-order valence-corrected chi connectivity index (χ1v) is 7.89. The molecule has 0 unspecified atom stereocenters. The first kappa shape index (κ1) is 18.6. The number of benzene rings is 2. The van der Waals surface area contributed by atoms with E-state index in [0.29, 0.717) is 18.0 Å². The van der Waals surface area contributed by atoms with Gasteiger partial charge in [0, 0.05) is 23.9 Å². The molecule has 25 heavy (non-hydrogen) atoms. The van der Waals surface area contributed by atoms with E-state index in [1.54, 1.807) is 27.4 Å². The number of carbonyl (C=O) groups is 1. The summed E-state index contributed by atoms with van der Waals surface area (Å²) in [4.78, 5) is 14.2. The molecule has 134 valence electrons. The molecule has 2 rings (SSSR count). The summed E-state index contributed by atoms with van der Waals surface area (Å²) < 4.78 is 15.8. The van der Waals surface area contributed by atoms with Gasteiger partial charge in [0.15, 0.2) is 0 Å². The molecule has 0 heterocycles. The molecule has 0 aliphatic rings. The molecule has 2 aromatic rings. The van der Waals surface area contributed by atoms with E-state index < -0.39 is 0 Å². The smallest absolute Gasteiger partial charge is 0.238 e. The first-order chi connectivity index (χ1) is 12.0. The number of nitrogens with one attached hydrogen (secondary N) is 1. The second-order valence-electron chi connectivity index (χ2n) is 5.63. The molecule has 0 aliphatic heterocycles. The van der Waals surface area contributed by atoms with E-state index in [9.17, 15) is 4.79 Å². The highest BCUT2D eigenvalue weighted by molar-refractivity contribution is 5.92. The minimum Gasteiger partial charge on any atom is -0.497 e. The van der Waals surface area contributed by atoms with Crippen molar-refractivity contribution in [2.45, 2.75) is 6.54 Å². The van der Waals surface area contributed by atoms with Crippen LogP contribution in [0.5, 0.6) is 17.2 Å². The van der Waals surface area contributed by atoms with Crippen LogP contribution >= 0.6 is 0 Å². The SMILES string of the molecule is COc1cccc(NC(=O)CN(C)Cc2cc(OC)ccc2OC)c1. The van der Waals surface area contributed by atoms with Crippen molar-refractivity contribution >= 4 is 11.6 Å². The Morgan fingerprint density at radius 1 is 1.00 bits per heavy atom. The quantitative estimate of drug-likeness (QED) is 0.798. The van der Waals surface area contributed by atoms with Crippen LogP contribution in [-0.2, 0) is 11.3 Å². The molecule has 1 N–H and O–H groups in total. The molecule has 0 radical (unpaired) electrons. The van der Waals surface area contributed by atoms with Gasteiger partial charge in [0.2, 0.25) is 5.91 Å². The number of anilines is 1. The number of rotatable bonds is 8. The molecular weight excluding hydrogens is 320 g/mol. The lowest BCUT2D eigenvalue weighted by molar-refractivity contribution is -0.117. The van der Waals surface area contributed by atoms with E-state index in [0.717, 1.165) is 17.1 Å². The normalized spacial score (nSPS) is 10.4. The minimum absolute atomic E-state index is 0.0994. The van der Waals surface area contributed by atoms with Crippen LogP contribution in [0.2, 0.25) is 0 Å². The highest BCUT2D eigenvalue weighted by Crippen LogP contribution is 2.25. The predicted molar refractivity (Wildman–Crippen MR) is 97.5 cm³/mol. The maximum atomic E-state index is 12.2. The average molecular weight is 344 g/mol. The fourth-order valence-corrected chi connectivity index (χ4v) is 2.50. The number of likely N-dealkylation sites (N-methyl/N-ethyl adjacent to an activating group) is 1. The van der Waals surface area contributed by atoms with Gasteiger partial charge in [-0.25, -0.2) is 0 Å². The monoisotopic (exact) mass is 344 g/mol. The third kappa shape index (κ3) is 5.39. The van der Waals surface area contributed by atoms with Crippen LogP contribution in [0.15, 0.2) is 42.5 Å². The zero-order valence-electron chi connectivity index (χ0n) is 15.0. The summed E-state index contributed by atoms with van der Waals surface area (Å²) in [7, 11) is 6.72. The van der Waals surface area contributed by atoms with Crippen LogP contribution < -0.4 is 19.5 Å². The minimum atomic E-state index is -0.0994. The Balaban J connectivity index is 1.97. The summed E-state index contributed by atoms with van der Waals surface area (Å²) >= 11 is 0.